The summed E-state index contributed by atoms with van der Waals surface area (Å²) in [5, 5.41) is 0. The molecule has 0 heterocycles. The molecule has 0 saturated carbocycles. The summed E-state index contributed by atoms with van der Waals surface area (Å²) in [6, 6.07) is 0.0245. The lowest BCUT2D eigenvalue weighted by Crippen LogP contribution is -2.30. The first-order valence-electron chi connectivity index (χ1n) is 3.82. The van der Waals surface area contributed by atoms with Crippen LogP contribution in [-0.4, -0.2) is 26.8 Å². The second kappa shape index (κ2) is 5.29. The highest BCUT2D eigenvalue weighted by Gasteiger charge is 2.06. The second-order valence-corrected chi connectivity index (χ2v) is 4.58. The van der Waals surface area contributed by atoms with Gasteiger partial charge in [-0.25, -0.2) is 13.1 Å². The molecule has 0 saturated heterocycles. The van der Waals surface area contributed by atoms with Gasteiger partial charge < -0.3 is 5.73 Å². The number of hydrogen-bond donors (Lipinski definition) is 2. The monoisotopic (exact) mass is 192 g/mol. The zero-order valence-corrected chi connectivity index (χ0v) is 8.10. The van der Waals surface area contributed by atoms with E-state index < -0.39 is 10.0 Å². The zero-order valence-electron chi connectivity index (χ0n) is 7.29. The van der Waals surface area contributed by atoms with Crippen molar-refractivity contribution in [3.05, 3.63) is 12.7 Å². The molecule has 0 fully saturated rings. The van der Waals surface area contributed by atoms with Crippen LogP contribution in [0, 0.1) is 0 Å². The third kappa shape index (κ3) is 6.33. The Bertz CT molecular complexity index is 222. The molecule has 0 rings (SSSR count). The van der Waals surface area contributed by atoms with Gasteiger partial charge in [0.25, 0.3) is 0 Å². The predicted molar refractivity (Wildman–Crippen MR) is 50.3 cm³/mol. The average molecular weight is 192 g/mol. The van der Waals surface area contributed by atoms with Gasteiger partial charge in [-0.15, -0.1) is 6.58 Å². The lowest BCUT2D eigenvalue weighted by molar-refractivity contribution is 0.574. The Morgan fingerprint density at radius 3 is 2.67 bits per heavy atom. The van der Waals surface area contributed by atoms with Crippen LogP contribution in [0.15, 0.2) is 12.7 Å². The van der Waals surface area contributed by atoms with Crippen molar-refractivity contribution >= 4 is 10.0 Å². The van der Waals surface area contributed by atoms with Gasteiger partial charge in [0.05, 0.1) is 5.75 Å². The number of nitrogens with one attached hydrogen (secondary N) is 1. The molecule has 72 valence electrons. The molecule has 0 aliphatic heterocycles. The third-order valence-electron chi connectivity index (χ3n) is 1.26. The topological polar surface area (TPSA) is 72.2 Å². The number of rotatable bonds is 6. The average Bonchev–Trinajstić information content (AvgIpc) is 1.85. The molecule has 0 aromatic rings. The molecule has 4 nitrogen and oxygen atoms in total. The Labute approximate surface area is 73.9 Å². The van der Waals surface area contributed by atoms with Crippen molar-refractivity contribution in [3.63, 3.8) is 0 Å². The van der Waals surface area contributed by atoms with E-state index in [0.717, 1.165) is 0 Å². The van der Waals surface area contributed by atoms with Gasteiger partial charge in [0.15, 0.2) is 0 Å². The molecular weight excluding hydrogens is 176 g/mol. The molecule has 5 heteroatoms. The van der Waals surface area contributed by atoms with Crippen molar-refractivity contribution < 1.29 is 8.42 Å². The summed E-state index contributed by atoms with van der Waals surface area (Å²) in [6.07, 6.45) is 2.00. The highest BCUT2D eigenvalue weighted by atomic mass is 32.2. The molecule has 0 radical (unpaired) electrons. The van der Waals surface area contributed by atoms with Crippen molar-refractivity contribution in [1.82, 2.24) is 4.72 Å². The highest BCUT2D eigenvalue weighted by Crippen LogP contribution is 1.87. The van der Waals surface area contributed by atoms with E-state index in [1.54, 1.807) is 0 Å². The van der Waals surface area contributed by atoms with Crippen LogP contribution in [0.2, 0.25) is 0 Å². The van der Waals surface area contributed by atoms with Crippen molar-refractivity contribution in [2.24, 2.45) is 5.73 Å². The van der Waals surface area contributed by atoms with Crippen LogP contribution in [0.1, 0.15) is 13.3 Å². The van der Waals surface area contributed by atoms with Crippen LogP contribution < -0.4 is 10.5 Å². The normalized spacial score (nSPS) is 14.2. The van der Waals surface area contributed by atoms with Crippen molar-refractivity contribution in [1.29, 1.82) is 0 Å². The van der Waals surface area contributed by atoms with Crippen molar-refractivity contribution in [3.8, 4) is 0 Å². The summed E-state index contributed by atoms with van der Waals surface area (Å²) in [6.45, 7) is 5.58. The van der Waals surface area contributed by atoms with E-state index in [4.69, 9.17) is 5.73 Å². The highest BCUT2D eigenvalue weighted by molar-refractivity contribution is 7.89. The molecule has 12 heavy (non-hydrogen) atoms. The number of sulfonamides is 1. The summed E-state index contributed by atoms with van der Waals surface area (Å²) < 4.78 is 24.4. The third-order valence-corrected chi connectivity index (χ3v) is 2.58. The van der Waals surface area contributed by atoms with E-state index in [1.165, 1.54) is 6.08 Å². The van der Waals surface area contributed by atoms with Crippen LogP contribution in [0.4, 0.5) is 0 Å². The van der Waals surface area contributed by atoms with E-state index in [0.29, 0.717) is 13.0 Å². The number of nitrogens with two attached hydrogens (primary N) is 1. The minimum absolute atomic E-state index is 0.0245. The summed E-state index contributed by atoms with van der Waals surface area (Å²) in [5.74, 6) is -0.0358. The van der Waals surface area contributed by atoms with E-state index in [-0.39, 0.29) is 11.8 Å². The Hall–Kier alpha value is -0.390. The SMILES string of the molecule is C=CCS(=O)(=O)NCCC(C)N. The van der Waals surface area contributed by atoms with Gasteiger partial charge in [-0.1, -0.05) is 6.08 Å². The minimum Gasteiger partial charge on any atom is -0.328 e. The van der Waals surface area contributed by atoms with Crippen LogP contribution in [-0.2, 0) is 10.0 Å². The molecule has 0 aromatic carbocycles. The van der Waals surface area contributed by atoms with E-state index in [1.807, 2.05) is 6.92 Å². The van der Waals surface area contributed by atoms with Crippen LogP contribution in [0.5, 0.6) is 0 Å². The van der Waals surface area contributed by atoms with E-state index in [2.05, 4.69) is 11.3 Å². The van der Waals surface area contributed by atoms with Gasteiger partial charge in [0.1, 0.15) is 0 Å². The minimum atomic E-state index is -3.15. The predicted octanol–water partition coefficient (Wildman–Crippen LogP) is -0.171. The Morgan fingerprint density at radius 2 is 2.25 bits per heavy atom. The van der Waals surface area contributed by atoms with Gasteiger partial charge in [-0.05, 0) is 13.3 Å². The molecule has 0 aliphatic rings. The van der Waals surface area contributed by atoms with Crippen LogP contribution >= 0.6 is 0 Å². The standard InChI is InChI=1S/C7H16N2O2S/c1-3-6-12(10,11)9-5-4-7(2)8/h3,7,9H,1,4-6,8H2,2H3. The second-order valence-electron chi connectivity index (χ2n) is 2.73. The fourth-order valence-electron chi connectivity index (χ4n) is 0.656. The molecule has 0 aliphatic carbocycles. The summed E-state index contributed by atoms with van der Waals surface area (Å²) in [4.78, 5) is 0. The summed E-state index contributed by atoms with van der Waals surface area (Å²) in [5.41, 5.74) is 5.44. The van der Waals surface area contributed by atoms with Crippen LogP contribution in [0.3, 0.4) is 0 Å². The smallest absolute Gasteiger partial charge is 0.215 e. The molecular formula is C7H16N2O2S. The maximum Gasteiger partial charge on any atom is 0.215 e. The van der Waals surface area contributed by atoms with E-state index in [9.17, 15) is 8.42 Å². The molecule has 0 amide bonds. The van der Waals surface area contributed by atoms with Gasteiger partial charge in [-0.2, -0.15) is 0 Å². The first kappa shape index (κ1) is 11.6. The Balaban J connectivity index is 3.69. The van der Waals surface area contributed by atoms with Gasteiger partial charge in [0, 0.05) is 12.6 Å². The number of hydrogen-bond acceptors (Lipinski definition) is 3. The zero-order chi connectivity index (χ0) is 9.61. The van der Waals surface area contributed by atoms with E-state index >= 15 is 0 Å². The van der Waals surface area contributed by atoms with Gasteiger partial charge in [-0.3, -0.25) is 0 Å². The maximum atomic E-state index is 11.0. The summed E-state index contributed by atoms with van der Waals surface area (Å²) >= 11 is 0. The lowest BCUT2D eigenvalue weighted by atomic mass is 10.3. The first-order chi connectivity index (χ1) is 5.48. The quantitative estimate of drug-likeness (QED) is 0.574. The molecule has 0 aromatic heterocycles. The molecule has 0 spiro atoms. The fourth-order valence-corrected chi connectivity index (χ4v) is 1.51. The van der Waals surface area contributed by atoms with Gasteiger partial charge >= 0.3 is 0 Å². The molecule has 0 bridgehead atoms. The maximum absolute atomic E-state index is 11.0. The lowest BCUT2D eigenvalue weighted by Gasteiger charge is -2.06. The van der Waals surface area contributed by atoms with Crippen molar-refractivity contribution in [2.45, 2.75) is 19.4 Å². The fraction of sp³-hybridized carbons (Fsp3) is 0.714. The molecule has 1 atom stereocenters. The molecule has 1 unspecified atom stereocenters. The largest absolute Gasteiger partial charge is 0.328 e. The molecule has 3 N–H and O–H groups in total. The van der Waals surface area contributed by atoms with Gasteiger partial charge in [0.2, 0.25) is 10.0 Å². The Morgan fingerprint density at radius 1 is 1.67 bits per heavy atom. The van der Waals surface area contributed by atoms with Crippen molar-refractivity contribution in [2.75, 3.05) is 12.3 Å². The summed E-state index contributed by atoms with van der Waals surface area (Å²) in [7, 11) is -3.15. The Kier molecular flexibility index (Phi) is 5.12. The van der Waals surface area contributed by atoms with Crippen LogP contribution in [0.25, 0.3) is 0 Å². The first-order valence-corrected chi connectivity index (χ1v) is 5.47.